The molecule has 0 saturated carbocycles. The van der Waals surface area contributed by atoms with Gasteiger partial charge in [-0.25, -0.2) is 4.79 Å². The Hall–Kier alpha value is -1.25. The van der Waals surface area contributed by atoms with Crippen molar-refractivity contribution in [2.24, 2.45) is 0 Å². The Balaban J connectivity index is 0. The van der Waals surface area contributed by atoms with Crippen molar-refractivity contribution in [1.82, 2.24) is 0 Å². The van der Waals surface area contributed by atoms with Crippen molar-refractivity contribution in [3.63, 3.8) is 0 Å². The molecule has 0 aliphatic carbocycles. The average Bonchev–Trinajstić information content (AvgIpc) is 1.88. The average molecular weight is 158 g/mol. The Morgan fingerprint density at radius 2 is 1.82 bits per heavy atom. The fourth-order valence-electron chi connectivity index (χ4n) is 0.326. The van der Waals surface area contributed by atoms with Gasteiger partial charge in [0, 0.05) is 0 Å². The fourth-order valence-corrected chi connectivity index (χ4v) is 0.326. The van der Waals surface area contributed by atoms with E-state index in [2.05, 4.69) is 19.1 Å². The summed E-state index contributed by atoms with van der Waals surface area (Å²) in [7, 11) is 0. The van der Waals surface area contributed by atoms with Gasteiger partial charge in [0.05, 0.1) is 0 Å². The van der Waals surface area contributed by atoms with Gasteiger partial charge >= 0.3 is 6.16 Å². The van der Waals surface area contributed by atoms with Gasteiger partial charge in [-0.1, -0.05) is 31.2 Å². The topological polar surface area (TPSA) is 57.5 Å². The molecule has 0 amide bonds. The highest BCUT2D eigenvalue weighted by molar-refractivity contribution is 5.53. The van der Waals surface area contributed by atoms with Gasteiger partial charge in [0.25, 0.3) is 0 Å². The Kier molecular flexibility index (Phi) is 13.0. The second kappa shape index (κ2) is 11.5. The van der Waals surface area contributed by atoms with Crippen LogP contribution in [0.4, 0.5) is 4.79 Å². The van der Waals surface area contributed by atoms with Gasteiger partial charge in [-0.3, -0.25) is 0 Å². The van der Waals surface area contributed by atoms with Crippen LogP contribution in [0.2, 0.25) is 0 Å². The van der Waals surface area contributed by atoms with Crippen LogP contribution in [-0.4, -0.2) is 16.4 Å². The van der Waals surface area contributed by atoms with Crippen LogP contribution in [0, 0.1) is 0 Å². The van der Waals surface area contributed by atoms with Crippen LogP contribution in [-0.2, 0) is 0 Å². The standard InChI is InChI=1S/C7H12.CH2O3/c1-3-5-7-6-4-2;2-1(3)4/h3,5-7H,4H2,1-2H3;(H2,2,3,4). The normalized spacial score (nSPS) is 9.64. The van der Waals surface area contributed by atoms with E-state index in [1.54, 1.807) is 0 Å². The minimum Gasteiger partial charge on any atom is -0.450 e. The molecule has 0 aliphatic rings. The maximum atomic E-state index is 8.56. The zero-order chi connectivity index (χ0) is 9.11. The predicted molar refractivity (Wildman–Crippen MR) is 44.9 cm³/mol. The van der Waals surface area contributed by atoms with Gasteiger partial charge in [-0.05, 0) is 13.3 Å². The Bertz CT molecular complexity index is 132. The number of hydrogen-bond donors (Lipinski definition) is 2. The predicted octanol–water partition coefficient (Wildman–Crippen LogP) is 2.75. The quantitative estimate of drug-likeness (QED) is 0.607. The first-order chi connectivity index (χ1) is 5.15. The van der Waals surface area contributed by atoms with Crippen molar-refractivity contribution < 1.29 is 15.0 Å². The van der Waals surface area contributed by atoms with Gasteiger partial charge in [-0.15, -0.1) is 0 Å². The third-order valence-electron chi connectivity index (χ3n) is 0.675. The Morgan fingerprint density at radius 1 is 1.36 bits per heavy atom. The van der Waals surface area contributed by atoms with Crippen molar-refractivity contribution in [1.29, 1.82) is 0 Å². The van der Waals surface area contributed by atoms with E-state index in [1.165, 1.54) is 0 Å². The van der Waals surface area contributed by atoms with Gasteiger partial charge in [-0.2, -0.15) is 0 Å². The summed E-state index contributed by atoms with van der Waals surface area (Å²) < 4.78 is 0. The number of carbonyl (C=O) groups is 1. The molecule has 0 heterocycles. The summed E-state index contributed by atoms with van der Waals surface area (Å²) >= 11 is 0. The zero-order valence-electron chi connectivity index (χ0n) is 6.82. The molecular weight excluding hydrogens is 144 g/mol. The third kappa shape index (κ3) is 52.7. The molecule has 0 aliphatic heterocycles. The molecule has 0 aromatic rings. The van der Waals surface area contributed by atoms with E-state index in [0.29, 0.717) is 0 Å². The van der Waals surface area contributed by atoms with Crippen molar-refractivity contribution in [2.75, 3.05) is 0 Å². The first kappa shape index (κ1) is 12.4. The zero-order valence-corrected chi connectivity index (χ0v) is 6.82. The fraction of sp³-hybridized carbons (Fsp3) is 0.375. The monoisotopic (exact) mass is 158 g/mol. The second-order valence-corrected chi connectivity index (χ2v) is 1.64. The molecule has 0 spiro atoms. The number of rotatable bonds is 2. The molecule has 0 saturated heterocycles. The highest BCUT2D eigenvalue weighted by atomic mass is 16.6. The molecule has 0 rings (SSSR count). The third-order valence-corrected chi connectivity index (χ3v) is 0.675. The van der Waals surface area contributed by atoms with E-state index in [1.807, 2.05) is 19.1 Å². The second-order valence-electron chi connectivity index (χ2n) is 1.64. The first-order valence-corrected chi connectivity index (χ1v) is 3.34. The van der Waals surface area contributed by atoms with Gasteiger partial charge in [0.2, 0.25) is 0 Å². The minimum atomic E-state index is -1.83. The van der Waals surface area contributed by atoms with E-state index in [4.69, 9.17) is 15.0 Å². The van der Waals surface area contributed by atoms with Crippen molar-refractivity contribution in [3.05, 3.63) is 24.3 Å². The number of allylic oxidation sites excluding steroid dienone is 4. The van der Waals surface area contributed by atoms with E-state index >= 15 is 0 Å². The molecule has 0 aromatic carbocycles. The molecule has 0 bridgehead atoms. The van der Waals surface area contributed by atoms with Gasteiger partial charge < -0.3 is 10.2 Å². The number of carboxylic acid groups (broad SMARTS) is 2. The van der Waals surface area contributed by atoms with Crippen LogP contribution in [0.15, 0.2) is 24.3 Å². The van der Waals surface area contributed by atoms with Crippen LogP contribution in [0.25, 0.3) is 0 Å². The molecule has 64 valence electrons. The summed E-state index contributed by atoms with van der Waals surface area (Å²) in [5.41, 5.74) is 0. The van der Waals surface area contributed by atoms with Crippen molar-refractivity contribution in [3.8, 4) is 0 Å². The van der Waals surface area contributed by atoms with E-state index in [9.17, 15) is 0 Å². The van der Waals surface area contributed by atoms with E-state index in [0.717, 1.165) is 6.42 Å². The summed E-state index contributed by atoms with van der Waals surface area (Å²) in [4.78, 5) is 8.56. The molecule has 0 radical (unpaired) electrons. The lowest BCUT2D eigenvalue weighted by molar-refractivity contribution is 0.137. The van der Waals surface area contributed by atoms with Crippen molar-refractivity contribution in [2.45, 2.75) is 20.3 Å². The molecule has 0 fully saturated rings. The van der Waals surface area contributed by atoms with E-state index in [-0.39, 0.29) is 0 Å². The smallest absolute Gasteiger partial charge is 0.450 e. The Morgan fingerprint density at radius 3 is 2.09 bits per heavy atom. The molecular formula is C8H14O3. The largest absolute Gasteiger partial charge is 0.503 e. The highest BCUT2D eigenvalue weighted by Crippen LogP contribution is 1.79. The van der Waals surface area contributed by atoms with Gasteiger partial charge in [0.15, 0.2) is 0 Å². The maximum Gasteiger partial charge on any atom is 0.503 e. The molecule has 11 heavy (non-hydrogen) atoms. The molecule has 0 aromatic heterocycles. The SMILES string of the molecule is CC=CC=CCC.O=C(O)O. The summed E-state index contributed by atoms with van der Waals surface area (Å²) in [5.74, 6) is 0. The summed E-state index contributed by atoms with van der Waals surface area (Å²) in [6.07, 6.45) is 7.53. The van der Waals surface area contributed by atoms with Crippen LogP contribution < -0.4 is 0 Å². The minimum absolute atomic E-state index is 1.13. The van der Waals surface area contributed by atoms with Crippen LogP contribution in [0.1, 0.15) is 20.3 Å². The van der Waals surface area contributed by atoms with E-state index < -0.39 is 6.16 Å². The lowest BCUT2D eigenvalue weighted by atomic mass is 10.4. The molecule has 0 unspecified atom stereocenters. The lowest BCUT2D eigenvalue weighted by Crippen LogP contribution is -1.81. The summed E-state index contributed by atoms with van der Waals surface area (Å²) in [6.45, 7) is 4.14. The molecule has 3 heteroatoms. The van der Waals surface area contributed by atoms with Crippen LogP contribution >= 0.6 is 0 Å². The molecule has 3 nitrogen and oxygen atoms in total. The van der Waals surface area contributed by atoms with Crippen LogP contribution in [0.5, 0.6) is 0 Å². The van der Waals surface area contributed by atoms with Gasteiger partial charge in [0.1, 0.15) is 0 Å². The summed E-state index contributed by atoms with van der Waals surface area (Å²) in [5, 5.41) is 13.9. The molecule has 2 N–H and O–H groups in total. The number of hydrogen-bond acceptors (Lipinski definition) is 1. The highest BCUT2D eigenvalue weighted by Gasteiger charge is 1.70. The van der Waals surface area contributed by atoms with Crippen LogP contribution in [0.3, 0.4) is 0 Å². The first-order valence-electron chi connectivity index (χ1n) is 3.34. The summed E-state index contributed by atoms with van der Waals surface area (Å²) in [6, 6.07) is 0. The van der Waals surface area contributed by atoms with Crippen molar-refractivity contribution >= 4 is 6.16 Å². The molecule has 0 atom stereocenters. The maximum absolute atomic E-state index is 8.56. The Labute approximate surface area is 66.7 Å². The lowest BCUT2D eigenvalue weighted by Gasteiger charge is -1.70.